The zero-order chi connectivity index (χ0) is 20.6. The molecule has 1 fully saturated rings. The SMILES string of the molecule is [O-]c1cc(-c2cnc(OC3CC(c4cc(F)cc(OC(F)(F)F)c4)C3)cn2)on1. The van der Waals surface area contributed by atoms with Crippen LogP contribution < -0.4 is 14.6 Å². The van der Waals surface area contributed by atoms with E-state index >= 15 is 0 Å². The van der Waals surface area contributed by atoms with Crippen LogP contribution in [0.2, 0.25) is 0 Å². The lowest BCUT2D eigenvalue weighted by Gasteiger charge is -2.35. The van der Waals surface area contributed by atoms with Crippen molar-refractivity contribution in [2.75, 3.05) is 0 Å². The van der Waals surface area contributed by atoms with Gasteiger partial charge in [-0.3, -0.25) is 0 Å². The molecule has 0 aliphatic heterocycles. The molecule has 3 aromatic rings. The average Bonchev–Trinajstić information content (AvgIpc) is 3.02. The first-order valence-electron chi connectivity index (χ1n) is 8.44. The van der Waals surface area contributed by atoms with Gasteiger partial charge in [-0.1, -0.05) is 5.16 Å². The highest BCUT2D eigenvalue weighted by Crippen LogP contribution is 2.40. The highest BCUT2D eigenvalue weighted by atomic mass is 19.4. The summed E-state index contributed by atoms with van der Waals surface area (Å²) < 4.78 is 64.9. The van der Waals surface area contributed by atoms with E-state index in [1.165, 1.54) is 30.6 Å². The second-order valence-corrected chi connectivity index (χ2v) is 6.45. The van der Waals surface area contributed by atoms with E-state index in [9.17, 15) is 22.7 Å². The molecule has 2 heterocycles. The number of nitrogens with zero attached hydrogens (tertiary/aromatic N) is 3. The Bertz CT molecular complexity index is 1000. The van der Waals surface area contributed by atoms with Crippen LogP contribution in [0, 0.1) is 5.82 Å². The molecular weight excluding hydrogens is 398 g/mol. The Morgan fingerprint density at radius 2 is 1.86 bits per heavy atom. The molecule has 0 radical (unpaired) electrons. The summed E-state index contributed by atoms with van der Waals surface area (Å²) in [6.07, 6.45) is -1.47. The van der Waals surface area contributed by atoms with E-state index in [4.69, 9.17) is 9.26 Å². The average molecular weight is 410 g/mol. The van der Waals surface area contributed by atoms with Gasteiger partial charge in [-0.15, -0.1) is 13.2 Å². The minimum Gasteiger partial charge on any atom is -0.856 e. The topological polar surface area (TPSA) is 93.3 Å². The molecule has 0 spiro atoms. The summed E-state index contributed by atoms with van der Waals surface area (Å²) >= 11 is 0. The molecule has 0 atom stereocenters. The van der Waals surface area contributed by atoms with Crippen molar-refractivity contribution < 1.29 is 36.7 Å². The van der Waals surface area contributed by atoms with E-state index < -0.39 is 23.8 Å². The molecule has 0 N–H and O–H groups in total. The largest absolute Gasteiger partial charge is 0.856 e. The molecule has 11 heteroatoms. The normalized spacial score (nSPS) is 18.9. The predicted octanol–water partition coefficient (Wildman–Crippen LogP) is 3.57. The van der Waals surface area contributed by atoms with Gasteiger partial charge in [-0.05, 0) is 36.5 Å². The molecule has 152 valence electrons. The van der Waals surface area contributed by atoms with Crippen LogP contribution in [-0.4, -0.2) is 27.6 Å². The Morgan fingerprint density at radius 3 is 2.48 bits per heavy atom. The molecule has 7 nitrogen and oxygen atoms in total. The Kier molecular flexibility index (Phi) is 4.73. The van der Waals surface area contributed by atoms with Crippen LogP contribution in [-0.2, 0) is 0 Å². The molecule has 29 heavy (non-hydrogen) atoms. The second kappa shape index (κ2) is 7.22. The number of hydrogen-bond acceptors (Lipinski definition) is 7. The minimum absolute atomic E-state index is 0.164. The van der Waals surface area contributed by atoms with Gasteiger partial charge in [0.1, 0.15) is 23.4 Å². The van der Waals surface area contributed by atoms with E-state index in [1.807, 2.05) is 0 Å². The van der Waals surface area contributed by atoms with Gasteiger partial charge in [0.25, 0.3) is 0 Å². The van der Waals surface area contributed by atoms with Crippen molar-refractivity contribution in [2.45, 2.75) is 31.2 Å². The lowest BCUT2D eigenvalue weighted by atomic mass is 9.77. The quantitative estimate of drug-likeness (QED) is 0.594. The first-order valence-corrected chi connectivity index (χ1v) is 8.44. The Hall–Kier alpha value is -3.37. The van der Waals surface area contributed by atoms with Crippen molar-refractivity contribution in [1.29, 1.82) is 0 Å². The van der Waals surface area contributed by atoms with Crippen molar-refractivity contribution in [3.8, 4) is 29.0 Å². The van der Waals surface area contributed by atoms with Gasteiger partial charge >= 0.3 is 6.36 Å². The van der Waals surface area contributed by atoms with Gasteiger partial charge in [-0.25, -0.2) is 14.4 Å². The number of ether oxygens (including phenoxy) is 2. The standard InChI is InChI=1S/C18H13F4N3O4/c19-11-1-9(4-13(5-11)28-18(20,21)22)10-2-12(3-10)27-17-8-23-14(7-24-17)15-6-16(26)25-29-15/h1,4-8,10,12H,2-3H2,(H,25,26)/p-1. The number of rotatable bonds is 5. The molecule has 1 aliphatic rings. The van der Waals surface area contributed by atoms with Gasteiger partial charge in [0, 0.05) is 18.0 Å². The molecule has 1 saturated carbocycles. The lowest BCUT2D eigenvalue weighted by molar-refractivity contribution is -0.277. The van der Waals surface area contributed by atoms with Crippen LogP contribution in [0.1, 0.15) is 24.3 Å². The van der Waals surface area contributed by atoms with Gasteiger partial charge in [-0.2, -0.15) is 0 Å². The third-order valence-electron chi connectivity index (χ3n) is 4.35. The van der Waals surface area contributed by atoms with Crippen LogP contribution in [0.25, 0.3) is 11.5 Å². The van der Waals surface area contributed by atoms with Gasteiger partial charge in [0.15, 0.2) is 5.76 Å². The number of alkyl halides is 3. The molecule has 4 rings (SSSR count). The van der Waals surface area contributed by atoms with E-state index in [1.54, 1.807) is 0 Å². The van der Waals surface area contributed by atoms with E-state index in [2.05, 4.69) is 19.9 Å². The van der Waals surface area contributed by atoms with Gasteiger partial charge in [0.2, 0.25) is 5.88 Å². The molecule has 0 saturated heterocycles. The maximum Gasteiger partial charge on any atom is 0.573 e. The van der Waals surface area contributed by atoms with Crippen LogP contribution >= 0.6 is 0 Å². The van der Waals surface area contributed by atoms with Crippen LogP contribution in [0.5, 0.6) is 17.5 Å². The first-order chi connectivity index (χ1) is 13.7. The maximum atomic E-state index is 13.6. The summed E-state index contributed by atoms with van der Waals surface area (Å²) in [6.45, 7) is 0. The molecule has 0 unspecified atom stereocenters. The van der Waals surface area contributed by atoms with Crippen LogP contribution in [0.15, 0.2) is 41.2 Å². The Balaban J connectivity index is 1.35. The third-order valence-corrected chi connectivity index (χ3v) is 4.35. The summed E-state index contributed by atoms with van der Waals surface area (Å²) in [5.74, 6) is -1.67. The van der Waals surface area contributed by atoms with Gasteiger partial charge < -0.3 is 19.1 Å². The first kappa shape index (κ1) is 19.0. The summed E-state index contributed by atoms with van der Waals surface area (Å²) in [5, 5.41) is 14.2. The smallest absolute Gasteiger partial charge is 0.573 e. The van der Waals surface area contributed by atoms with Crippen LogP contribution in [0.3, 0.4) is 0 Å². The fourth-order valence-electron chi connectivity index (χ4n) is 3.00. The Morgan fingerprint density at radius 1 is 1.07 bits per heavy atom. The zero-order valence-corrected chi connectivity index (χ0v) is 14.5. The van der Waals surface area contributed by atoms with Gasteiger partial charge in [0.05, 0.1) is 12.4 Å². The number of benzene rings is 1. The van der Waals surface area contributed by atoms with Crippen molar-refractivity contribution in [2.24, 2.45) is 0 Å². The highest BCUT2D eigenvalue weighted by Gasteiger charge is 2.35. The molecular formula is C18H12F4N3O4-. The monoisotopic (exact) mass is 410 g/mol. The van der Waals surface area contributed by atoms with Crippen molar-refractivity contribution >= 4 is 0 Å². The maximum absolute atomic E-state index is 13.6. The van der Waals surface area contributed by atoms with E-state index in [0.29, 0.717) is 30.2 Å². The summed E-state index contributed by atoms with van der Waals surface area (Å²) in [4.78, 5) is 8.15. The molecule has 0 bridgehead atoms. The number of halogens is 4. The highest BCUT2D eigenvalue weighted by molar-refractivity contribution is 5.51. The lowest BCUT2D eigenvalue weighted by Crippen LogP contribution is -2.32. The van der Waals surface area contributed by atoms with E-state index in [-0.39, 0.29) is 23.7 Å². The molecule has 0 amide bonds. The minimum atomic E-state index is -4.89. The third kappa shape index (κ3) is 4.55. The summed E-state index contributed by atoms with van der Waals surface area (Å²) in [7, 11) is 0. The number of hydrogen-bond donors (Lipinski definition) is 0. The molecule has 1 aromatic carbocycles. The summed E-state index contributed by atoms with van der Waals surface area (Å²) in [6, 6.07) is 4.22. The second-order valence-electron chi connectivity index (χ2n) is 6.45. The number of aromatic nitrogens is 3. The predicted molar refractivity (Wildman–Crippen MR) is 86.4 cm³/mol. The van der Waals surface area contributed by atoms with Crippen molar-refractivity contribution in [3.63, 3.8) is 0 Å². The van der Waals surface area contributed by atoms with Crippen molar-refractivity contribution in [3.05, 3.63) is 48.0 Å². The van der Waals surface area contributed by atoms with E-state index in [0.717, 1.165) is 0 Å². The molecule has 2 aromatic heterocycles. The van der Waals surface area contributed by atoms with Crippen molar-refractivity contribution in [1.82, 2.24) is 15.1 Å². The Labute approximate surface area is 160 Å². The fraction of sp³-hybridized carbons (Fsp3) is 0.278. The zero-order valence-electron chi connectivity index (χ0n) is 14.5. The van der Waals surface area contributed by atoms with Crippen LogP contribution in [0.4, 0.5) is 17.6 Å². The fourth-order valence-corrected chi connectivity index (χ4v) is 3.00. The summed E-state index contributed by atoms with van der Waals surface area (Å²) in [5.41, 5.74) is 0.722. The molecule has 1 aliphatic carbocycles.